The Balaban J connectivity index is 2.14. The fourth-order valence-corrected chi connectivity index (χ4v) is 3.03. The molecular weight excluding hydrogens is 286 g/mol. The molecular formula is C16H18ClN3O. The van der Waals surface area contributed by atoms with E-state index >= 15 is 0 Å². The largest absolute Gasteiger partial charge is 0.311 e. The normalized spacial score (nSPS) is 18.3. The van der Waals surface area contributed by atoms with Crippen LogP contribution in [-0.2, 0) is 10.3 Å². The Labute approximate surface area is 129 Å². The van der Waals surface area contributed by atoms with Crippen molar-refractivity contribution in [1.82, 2.24) is 9.78 Å². The standard InChI is InChI=1S/C16H18ClN3O/c1-16(2,3)20-15-12(9-18-20)11(8-14(21)19-15)10-6-4-5-7-13(10)17/h4-7,9,11H,8H2,1-3H3,(H,19,21). The average molecular weight is 304 g/mol. The summed E-state index contributed by atoms with van der Waals surface area (Å²) in [7, 11) is 0. The molecule has 3 rings (SSSR count). The molecule has 1 unspecified atom stereocenters. The zero-order valence-corrected chi connectivity index (χ0v) is 13.1. The highest BCUT2D eigenvalue weighted by molar-refractivity contribution is 6.31. The number of nitrogens with one attached hydrogen (secondary N) is 1. The van der Waals surface area contributed by atoms with Crippen molar-refractivity contribution < 1.29 is 4.79 Å². The number of benzene rings is 1. The maximum absolute atomic E-state index is 12.1. The van der Waals surface area contributed by atoms with Gasteiger partial charge in [-0.1, -0.05) is 29.8 Å². The Hall–Kier alpha value is -1.81. The minimum atomic E-state index is -0.191. The van der Waals surface area contributed by atoms with Crippen molar-refractivity contribution in [3.05, 3.63) is 46.6 Å². The monoisotopic (exact) mass is 303 g/mol. The topological polar surface area (TPSA) is 46.9 Å². The maximum atomic E-state index is 12.1. The predicted octanol–water partition coefficient (Wildman–Crippen LogP) is 3.77. The van der Waals surface area contributed by atoms with Crippen molar-refractivity contribution in [2.24, 2.45) is 0 Å². The number of nitrogens with zero attached hydrogens (tertiary/aromatic N) is 2. The number of amides is 1. The van der Waals surface area contributed by atoms with Gasteiger partial charge in [-0.25, -0.2) is 4.68 Å². The van der Waals surface area contributed by atoms with E-state index < -0.39 is 0 Å². The Bertz CT molecular complexity index is 700. The highest BCUT2D eigenvalue weighted by Gasteiger charge is 2.33. The van der Waals surface area contributed by atoms with Gasteiger partial charge in [0.05, 0.1) is 11.7 Å². The fourth-order valence-electron chi connectivity index (χ4n) is 2.76. The number of hydrogen-bond acceptors (Lipinski definition) is 2. The van der Waals surface area contributed by atoms with E-state index in [-0.39, 0.29) is 17.4 Å². The van der Waals surface area contributed by atoms with Crippen molar-refractivity contribution in [2.45, 2.75) is 38.6 Å². The predicted molar refractivity (Wildman–Crippen MR) is 83.8 cm³/mol. The van der Waals surface area contributed by atoms with Crippen molar-refractivity contribution in [1.29, 1.82) is 0 Å². The maximum Gasteiger partial charge on any atom is 0.226 e. The van der Waals surface area contributed by atoms with Gasteiger partial charge in [0, 0.05) is 22.9 Å². The van der Waals surface area contributed by atoms with Crippen LogP contribution in [0.1, 0.15) is 44.2 Å². The second-order valence-electron chi connectivity index (χ2n) is 6.36. The molecule has 1 aliphatic rings. The number of carbonyl (C=O) groups excluding carboxylic acids is 1. The van der Waals surface area contributed by atoms with Crippen LogP contribution in [0, 0.1) is 0 Å². The van der Waals surface area contributed by atoms with E-state index in [4.69, 9.17) is 11.6 Å². The van der Waals surface area contributed by atoms with Crippen LogP contribution in [0.4, 0.5) is 5.82 Å². The summed E-state index contributed by atoms with van der Waals surface area (Å²) in [6.07, 6.45) is 2.24. The first-order chi connectivity index (χ1) is 9.88. The van der Waals surface area contributed by atoms with E-state index in [1.807, 2.05) is 35.1 Å². The first-order valence-corrected chi connectivity index (χ1v) is 7.38. The quantitative estimate of drug-likeness (QED) is 0.872. The highest BCUT2D eigenvalue weighted by atomic mass is 35.5. The van der Waals surface area contributed by atoms with E-state index in [0.29, 0.717) is 11.4 Å². The van der Waals surface area contributed by atoms with E-state index in [2.05, 4.69) is 31.2 Å². The molecule has 1 aliphatic heterocycles. The Kier molecular flexibility index (Phi) is 3.29. The molecule has 1 aromatic heterocycles. The van der Waals surface area contributed by atoms with Crippen LogP contribution in [0.15, 0.2) is 30.5 Å². The Morgan fingerprint density at radius 3 is 2.67 bits per heavy atom. The lowest BCUT2D eigenvalue weighted by atomic mass is 9.87. The third kappa shape index (κ3) is 2.44. The molecule has 1 aromatic carbocycles. The second-order valence-corrected chi connectivity index (χ2v) is 6.76. The number of fused-ring (bicyclic) bond motifs is 1. The van der Waals surface area contributed by atoms with Gasteiger partial charge >= 0.3 is 0 Å². The average Bonchev–Trinajstić information content (AvgIpc) is 2.82. The molecule has 0 aliphatic carbocycles. The smallest absolute Gasteiger partial charge is 0.226 e. The zero-order chi connectivity index (χ0) is 15.2. The lowest BCUT2D eigenvalue weighted by molar-refractivity contribution is -0.116. The number of carbonyl (C=O) groups is 1. The molecule has 0 spiro atoms. The summed E-state index contributed by atoms with van der Waals surface area (Å²) in [5.41, 5.74) is 1.81. The van der Waals surface area contributed by atoms with E-state index in [0.717, 1.165) is 16.9 Å². The number of rotatable bonds is 1. The summed E-state index contributed by atoms with van der Waals surface area (Å²) >= 11 is 6.31. The Morgan fingerprint density at radius 2 is 2.00 bits per heavy atom. The third-order valence-corrected chi connectivity index (χ3v) is 4.08. The first kappa shape index (κ1) is 14.1. The molecule has 4 nitrogen and oxygen atoms in total. The zero-order valence-electron chi connectivity index (χ0n) is 12.4. The third-order valence-electron chi connectivity index (χ3n) is 3.74. The summed E-state index contributed by atoms with van der Waals surface area (Å²) in [6.45, 7) is 6.18. The summed E-state index contributed by atoms with van der Waals surface area (Å²) in [5, 5.41) is 8.11. The van der Waals surface area contributed by atoms with Gasteiger partial charge in [0.1, 0.15) is 5.82 Å². The molecule has 2 aromatic rings. The Morgan fingerprint density at radius 1 is 1.29 bits per heavy atom. The lowest BCUT2D eigenvalue weighted by Gasteiger charge is -2.28. The molecule has 21 heavy (non-hydrogen) atoms. The van der Waals surface area contributed by atoms with Gasteiger partial charge in [0.15, 0.2) is 0 Å². The lowest BCUT2D eigenvalue weighted by Crippen LogP contribution is -2.30. The molecule has 110 valence electrons. The summed E-state index contributed by atoms with van der Waals surface area (Å²) in [5.74, 6) is 0.737. The fraction of sp³-hybridized carbons (Fsp3) is 0.375. The van der Waals surface area contributed by atoms with Crippen molar-refractivity contribution in [3.8, 4) is 0 Å². The van der Waals surface area contributed by atoms with E-state index in [1.165, 1.54) is 0 Å². The molecule has 1 amide bonds. The van der Waals surface area contributed by atoms with Crippen molar-refractivity contribution >= 4 is 23.3 Å². The number of hydrogen-bond donors (Lipinski definition) is 1. The molecule has 0 saturated heterocycles. The van der Waals surface area contributed by atoms with Crippen LogP contribution < -0.4 is 5.32 Å². The molecule has 5 heteroatoms. The van der Waals surface area contributed by atoms with E-state index in [1.54, 1.807) is 0 Å². The molecule has 0 radical (unpaired) electrons. The molecule has 1 atom stereocenters. The van der Waals surface area contributed by atoms with Gasteiger partial charge in [0.2, 0.25) is 5.91 Å². The van der Waals surface area contributed by atoms with Gasteiger partial charge in [-0.3, -0.25) is 4.79 Å². The molecule has 2 heterocycles. The molecule has 0 fully saturated rings. The van der Waals surface area contributed by atoms with Crippen LogP contribution in [0.25, 0.3) is 0 Å². The van der Waals surface area contributed by atoms with Crippen LogP contribution in [0.3, 0.4) is 0 Å². The van der Waals surface area contributed by atoms with Crippen LogP contribution in [0.2, 0.25) is 5.02 Å². The van der Waals surface area contributed by atoms with Crippen molar-refractivity contribution in [3.63, 3.8) is 0 Å². The number of halogens is 1. The second kappa shape index (κ2) is 4.88. The minimum absolute atomic E-state index is 0.00146. The molecule has 0 saturated carbocycles. The number of aromatic nitrogens is 2. The van der Waals surface area contributed by atoms with Crippen LogP contribution in [-0.4, -0.2) is 15.7 Å². The van der Waals surface area contributed by atoms with Crippen LogP contribution in [0.5, 0.6) is 0 Å². The summed E-state index contributed by atoms with van der Waals surface area (Å²) in [4.78, 5) is 12.1. The molecule has 1 N–H and O–H groups in total. The van der Waals surface area contributed by atoms with Gasteiger partial charge < -0.3 is 5.32 Å². The number of anilines is 1. The first-order valence-electron chi connectivity index (χ1n) is 7.00. The minimum Gasteiger partial charge on any atom is -0.311 e. The summed E-state index contributed by atoms with van der Waals surface area (Å²) in [6, 6.07) is 7.68. The van der Waals surface area contributed by atoms with Gasteiger partial charge in [-0.05, 0) is 32.4 Å². The van der Waals surface area contributed by atoms with Crippen molar-refractivity contribution in [2.75, 3.05) is 5.32 Å². The van der Waals surface area contributed by atoms with E-state index in [9.17, 15) is 4.79 Å². The van der Waals surface area contributed by atoms with Gasteiger partial charge in [-0.15, -0.1) is 0 Å². The van der Waals surface area contributed by atoms with Gasteiger partial charge in [0.25, 0.3) is 0 Å². The summed E-state index contributed by atoms with van der Waals surface area (Å²) < 4.78 is 1.86. The highest BCUT2D eigenvalue weighted by Crippen LogP contribution is 2.40. The molecule has 0 bridgehead atoms. The van der Waals surface area contributed by atoms with Gasteiger partial charge in [-0.2, -0.15) is 5.10 Å². The van der Waals surface area contributed by atoms with Crippen LogP contribution >= 0.6 is 11.6 Å². The SMILES string of the molecule is CC(C)(C)n1ncc2c1NC(=O)CC2c1ccccc1Cl.